The Bertz CT molecular complexity index is 355. The molecule has 1 aromatic carbocycles. The average molecular weight is 249 g/mol. The maximum Gasteiger partial charge on any atom is 0.416 e. The third-order valence-electron chi connectivity index (χ3n) is 2.02. The minimum absolute atomic E-state index is 0.472. The summed E-state index contributed by atoms with van der Waals surface area (Å²) >= 11 is 0. The lowest BCUT2D eigenvalue weighted by atomic mass is 10.2. The summed E-state index contributed by atoms with van der Waals surface area (Å²) in [7, 11) is 0. The summed E-state index contributed by atoms with van der Waals surface area (Å²) < 4.78 is 41.3. The number of hydrogen-bond acceptors (Lipinski definition) is 3. The second-order valence-corrected chi connectivity index (χ2v) is 3.40. The molecule has 0 saturated carbocycles. The van der Waals surface area contributed by atoms with E-state index in [4.69, 9.17) is 9.84 Å². The number of aliphatic hydroxyl groups excluding tert-OH is 1. The molecule has 0 aliphatic carbocycles. The van der Waals surface area contributed by atoms with E-state index in [0.717, 1.165) is 0 Å². The van der Waals surface area contributed by atoms with Crippen LogP contribution in [0.3, 0.4) is 0 Å². The second kappa shape index (κ2) is 5.77. The van der Waals surface area contributed by atoms with E-state index in [1.807, 2.05) is 6.92 Å². The molecule has 0 aliphatic heterocycles. The first-order valence-corrected chi connectivity index (χ1v) is 5.15. The van der Waals surface area contributed by atoms with Crippen LogP contribution in [0, 0.1) is 0 Å². The van der Waals surface area contributed by atoms with Crippen LogP contribution in [0.2, 0.25) is 0 Å². The standard InChI is InChI=1S/C11H14F3NO2/c1-2-17-9-5-3-4-8(6-9)15-7-10(16)11(12,13)14/h3-6,10,15-16H,2,7H2,1H3. The van der Waals surface area contributed by atoms with Crippen LogP contribution in [0.25, 0.3) is 0 Å². The molecule has 1 atom stereocenters. The van der Waals surface area contributed by atoms with Gasteiger partial charge in [-0.05, 0) is 19.1 Å². The minimum atomic E-state index is -4.61. The highest BCUT2D eigenvalue weighted by Crippen LogP contribution is 2.21. The summed E-state index contributed by atoms with van der Waals surface area (Å²) in [6, 6.07) is 6.54. The molecule has 0 fully saturated rings. The van der Waals surface area contributed by atoms with Gasteiger partial charge in [-0.15, -0.1) is 0 Å². The van der Waals surface area contributed by atoms with Gasteiger partial charge in [0.25, 0.3) is 0 Å². The predicted molar refractivity (Wildman–Crippen MR) is 58.2 cm³/mol. The number of ether oxygens (including phenoxy) is 1. The smallest absolute Gasteiger partial charge is 0.416 e. The van der Waals surface area contributed by atoms with Crippen molar-refractivity contribution in [3.63, 3.8) is 0 Å². The normalized spacial score (nSPS) is 13.2. The Morgan fingerprint density at radius 2 is 2.12 bits per heavy atom. The van der Waals surface area contributed by atoms with Gasteiger partial charge in [0, 0.05) is 18.3 Å². The molecule has 0 amide bonds. The van der Waals surface area contributed by atoms with Crippen molar-refractivity contribution < 1.29 is 23.0 Å². The van der Waals surface area contributed by atoms with Crippen molar-refractivity contribution >= 4 is 5.69 Å². The Hall–Kier alpha value is -1.43. The van der Waals surface area contributed by atoms with Gasteiger partial charge in [0.1, 0.15) is 5.75 Å². The van der Waals surface area contributed by atoms with Crippen molar-refractivity contribution in [3.8, 4) is 5.75 Å². The molecule has 1 unspecified atom stereocenters. The molecule has 0 aliphatic rings. The highest BCUT2D eigenvalue weighted by atomic mass is 19.4. The maximum absolute atomic E-state index is 12.0. The fourth-order valence-electron chi connectivity index (χ4n) is 1.19. The highest BCUT2D eigenvalue weighted by molar-refractivity contribution is 5.48. The third kappa shape index (κ3) is 4.52. The molecule has 6 heteroatoms. The largest absolute Gasteiger partial charge is 0.494 e. The lowest BCUT2D eigenvalue weighted by molar-refractivity contribution is -0.198. The molecule has 96 valence electrons. The van der Waals surface area contributed by atoms with Gasteiger partial charge in [-0.2, -0.15) is 13.2 Å². The molecule has 0 radical (unpaired) electrons. The zero-order chi connectivity index (χ0) is 12.9. The van der Waals surface area contributed by atoms with Gasteiger partial charge in [0.15, 0.2) is 6.10 Å². The molecule has 0 bridgehead atoms. The van der Waals surface area contributed by atoms with E-state index in [0.29, 0.717) is 18.0 Å². The molecule has 0 saturated heterocycles. The van der Waals surface area contributed by atoms with Crippen LogP contribution in [0.1, 0.15) is 6.92 Å². The number of aliphatic hydroxyl groups is 1. The molecule has 0 aromatic heterocycles. The summed E-state index contributed by atoms with van der Waals surface area (Å²) in [6.07, 6.45) is -6.98. The van der Waals surface area contributed by atoms with Gasteiger partial charge < -0.3 is 15.2 Å². The Labute approximate surface area is 97.2 Å². The van der Waals surface area contributed by atoms with Gasteiger partial charge in [0.2, 0.25) is 0 Å². The van der Waals surface area contributed by atoms with E-state index >= 15 is 0 Å². The van der Waals surface area contributed by atoms with Crippen molar-refractivity contribution in [1.29, 1.82) is 0 Å². The molecule has 1 rings (SSSR count). The van der Waals surface area contributed by atoms with Crippen molar-refractivity contribution in [3.05, 3.63) is 24.3 Å². The first-order chi connectivity index (χ1) is 7.93. The molecule has 17 heavy (non-hydrogen) atoms. The minimum Gasteiger partial charge on any atom is -0.494 e. The van der Waals surface area contributed by atoms with Gasteiger partial charge in [-0.25, -0.2) is 0 Å². The Morgan fingerprint density at radius 1 is 1.41 bits per heavy atom. The van der Waals surface area contributed by atoms with Crippen LogP contribution in [0.5, 0.6) is 5.75 Å². The number of alkyl halides is 3. The number of halogens is 3. The van der Waals surface area contributed by atoms with Crippen LogP contribution in [0.4, 0.5) is 18.9 Å². The lowest BCUT2D eigenvalue weighted by Gasteiger charge is -2.16. The van der Waals surface area contributed by atoms with Crippen molar-refractivity contribution in [2.45, 2.75) is 19.2 Å². The molecule has 2 N–H and O–H groups in total. The Morgan fingerprint density at radius 3 is 2.71 bits per heavy atom. The molecule has 3 nitrogen and oxygen atoms in total. The average Bonchev–Trinajstić information content (AvgIpc) is 2.25. The van der Waals surface area contributed by atoms with Gasteiger partial charge in [-0.1, -0.05) is 6.07 Å². The Balaban J connectivity index is 2.54. The van der Waals surface area contributed by atoms with E-state index < -0.39 is 18.8 Å². The van der Waals surface area contributed by atoms with Crippen LogP contribution in [-0.2, 0) is 0 Å². The van der Waals surface area contributed by atoms with Crippen molar-refractivity contribution in [2.75, 3.05) is 18.5 Å². The SMILES string of the molecule is CCOc1cccc(NCC(O)C(F)(F)F)c1. The first kappa shape index (κ1) is 13.6. The van der Waals surface area contributed by atoms with E-state index in [9.17, 15) is 13.2 Å². The first-order valence-electron chi connectivity index (χ1n) is 5.15. The summed E-state index contributed by atoms with van der Waals surface area (Å²) in [5, 5.41) is 11.3. The van der Waals surface area contributed by atoms with Gasteiger partial charge in [0.05, 0.1) is 6.61 Å². The number of rotatable bonds is 5. The number of hydrogen-bond donors (Lipinski definition) is 2. The van der Waals surface area contributed by atoms with Gasteiger partial charge in [-0.3, -0.25) is 0 Å². The molecule has 1 aromatic rings. The van der Waals surface area contributed by atoms with Gasteiger partial charge >= 0.3 is 6.18 Å². The summed E-state index contributed by atoms with van der Waals surface area (Å²) in [4.78, 5) is 0. The van der Waals surface area contributed by atoms with E-state index in [-0.39, 0.29) is 0 Å². The summed E-state index contributed by atoms with van der Waals surface area (Å²) in [5.41, 5.74) is 0.472. The topological polar surface area (TPSA) is 41.5 Å². The third-order valence-corrected chi connectivity index (χ3v) is 2.02. The maximum atomic E-state index is 12.0. The quantitative estimate of drug-likeness (QED) is 0.842. The van der Waals surface area contributed by atoms with Crippen LogP contribution >= 0.6 is 0 Å². The summed E-state index contributed by atoms with van der Waals surface area (Å²) in [6.45, 7) is 1.71. The zero-order valence-corrected chi connectivity index (χ0v) is 9.29. The Kier molecular flexibility index (Phi) is 4.62. The zero-order valence-electron chi connectivity index (χ0n) is 9.29. The van der Waals surface area contributed by atoms with Crippen molar-refractivity contribution in [2.24, 2.45) is 0 Å². The second-order valence-electron chi connectivity index (χ2n) is 3.40. The van der Waals surface area contributed by atoms with Crippen LogP contribution in [-0.4, -0.2) is 30.5 Å². The lowest BCUT2D eigenvalue weighted by Crippen LogP contribution is -2.34. The number of anilines is 1. The fraction of sp³-hybridized carbons (Fsp3) is 0.455. The van der Waals surface area contributed by atoms with Crippen LogP contribution in [0.15, 0.2) is 24.3 Å². The van der Waals surface area contributed by atoms with Crippen molar-refractivity contribution in [1.82, 2.24) is 0 Å². The predicted octanol–water partition coefficient (Wildman–Crippen LogP) is 2.42. The highest BCUT2D eigenvalue weighted by Gasteiger charge is 2.37. The monoisotopic (exact) mass is 249 g/mol. The molecular weight excluding hydrogens is 235 g/mol. The summed E-state index contributed by atoms with van der Waals surface area (Å²) in [5.74, 6) is 0.569. The van der Waals surface area contributed by atoms with Crippen LogP contribution < -0.4 is 10.1 Å². The van der Waals surface area contributed by atoms with E-state index in [1.165, 1.54) is 0 Å². The van der Waals surface area contributed by atoms with E-state index in [1.54, 1.807) is 24.3 Å². The fourth-order valence-corrected chi connectivity index (χ4v) is 1.19. The molecule has 0 spiro atoms. The molecule has 0 heterocycles. The van der Waals surface area contributed by atoms with E-state index in [2.05, 4.69) is 5.32 Å². The molecular formula is C11H14F3NO2. The number of nitrogens with one attached hydrogen (secondary N) is 1. The number of benzene rings is 1.